The van der Waals surface area contributed by atoms with Crippen LogP contribution in [0.2, 0.25) is 0 Å². The first kappa shape index (κ1) is 22.7. The molecule has 5 rings (SSSR count). The van der Waals surface area contributed by atoms with E-state index >= 15 is 0 Å². The Labute approximate surface area is 190 Å². The van der Waals surface area contributed by atoms with Crippen LogP contribution in [0, 0.1) is 11.2 Å². The van der Waals surface area contributed by atoms with Gasteiger partial charge in [0.2, 0.25) is 0 Å². The molecule has 0 radical (unpaired) electrons. The predicted molar refractivity (Wildman–Crippen MR) is 103 cm³/mol. The van der Waals surface area contributed by atoms with Crippen LogP contribution >= 0.6 is 0 Å². The van der Waals surface area contributed by atoms with Gasteiger partial charge >= 0.3 is 25.6 Å². The number of rotatable bonds is 2. The Hall–Kier alpha value is -1.44. The molecule has 3 heterocycles. The van der Waals surface area contributed by atoms with E-state index in [9.17, 15) is 18.2 Å². The van der Waals surface area contributed by atoms with Gasteiger partial charge in [0.25, 0.3) is 5.92 Å². The number of fused-ring (bicyclic) bond motifs is 1. The molecule has 162 valence electrons. The van der Waals surface area contributed by atoms with Crippen molar-refractivity contribution in [3.63, 3.8) is 0 Å². The maximum Gasteiger partial charge on any atom is 1.00 e. The van der Waals surface area contributed by atoms with E-state index in [4.69, 9.17) is 14.0 Å². The van der Waals surface area contributed by atoms with Crippen LogP contribution in [0.15, 0.2) is 24.3 Å². The fourth-order valence-corrected chi connectivity index (χ4v) is 4.34. The van der Waals surface area contributed by atoms with Crippen molar-refractivity contribution >= 4 is 12.2 Å². The molecule has 1 aromatic heterocycles. The van der Waals surface area contributed by atoms with Gasteiger partial charge in [-0.2, -0.15) is 5.10 Å². The van der Waals surface area contributed by atoms with Crippen molar-refractivity contribution in [2.45, 2.75) is 57.8 Å². The van der Waals surface area contributed by atoms with Crippen LogP contribution in [-0.4, -0.2) is 45.3 Å². The first-order valence-electron chi connectivity index (χ1n) is 9.94. The van der Waals surface area contributed by atoms with Crippen LogP contribution in [0.3, 0.4) is 0 Å². The van der Waals surface area contributed by atoms with E-state index < -0.39 is 35.1 Å². The number of benzene rings is 1. The predicted octanol–water partition coefficient (Wildman–Crippen LogP) is -0.147. The van der Waals surface area contributed by atoms with E-state index in [1.165, 1.54) is 28.9 Å². The number of alkyl halides is 2. The van der Waals surface area contributed by atoms with Gasteiger partial charge in [-0.3, -0.25) is 0 Å². The van der Waals surface area contributed by atoms with Crippen LogP contribution in [0.25, 0.3) is 11.3 Å². The molecule has 1 N–H and O–H groups in total. The van der Waals surface area contributed by atoms with Crippen molar-refractivity contribution in [3.8, 4) is 17.1 Å². The second-order valence-electron chi connectivity index (χ2n) is 9.61. The summed E-state index contributed by atoms with van der Waals surface area (Å²) in [6.07, 6.45) is -0.275. The average Bonchev–Trinajstić information content (AvgIpc) is 2.90. The molecule has 2 aliphatic heterocycles. The van der Waals surface area contributed by atoms with E-state index in [0.29, 0.717) is 5.56 Å². The molecule has 1 unspecified atom stereocenters. The molecule has 1 aliphatic carbocycles. The van der Waals surface area contributed by atoms with Gasteiger partial charge < -0.3 is 19.1 Å². The molecule has 0 amide bonds. The molecular weight excluding hydrogens is 407 g/mol. The van der Waals surface area contributed by atoms with Gasteiger partial charge in [-0.05, 0) is 63.0 Å². The molecule has 3 aliphatic rings. The van der Waals surface area contributed by atoms with Crippen molar-refractivity contribution in [1.82, 2.24) is 9.78 Å². The number of hydrogen-bond acceptors (Lipinski definition) is 5. The summed E-state index contributed by atoms with van der Waals surface area (Å²) in [5, 5.41) is 16.0. The zero-order chi connectivity index (χ0) is 21.7. The largest absolute Gasteiger partial charge is 1.00 e. The SMILES string of the molecule is CC1(C)O[B-](O)(c2c(-c3ccc(F)cc3)nn3c2OCC2(C3)CC2(F)F)OC1(C)C.[Li+]. The molecular formula is C20H23BF3LiN2O4. The summed E-state index contributed by atoms with van der Waals surface area (Å²) >= 11 is 0. The van der Waals surface area contributed by atoms with Gasteiger partial charge in [-0.15, -0.1) is 0 Å². The molecule has 1 atom stereocenters. The molecule has 1 saturated carbocycles. The Morgan fingerprint density at radius 3 is 2.13 bits per heavy atom. The van der Waals surface area contributed by atoms with Crippen molar-refractivity contribution in [2.24, 2.45) is 5.41 Å². The van der Waals surface area contributed by atoms with Crippen molar-refractivity contribution < 1.29 is 51.1 Å². The maximum atomic E-state index is 14.0. The molecule has 2 aromatic rings. The van der Waals surface area contributed by atoms with Crippen molar-refractivity contribution in [3.05, 3.63) is 30.1 Å². The van der Waals surface area contributed by atoms with E-state index in [2.05, 4.69) is 5.10 Å². The summed E-state index contributed by atoms with van der Waals surface area (Å²) in [7, 11) is 0. The Bertz CT molecular complexity index is 1030. The van der Waals surface area contributed by atoms with Crippen molar-refractivity contribution in [1.29, 1.82) is 0 Å². The fraction of sp³-hybridized carbons (Fsp3) is 0.550. The van der Waals surface area contributed by atoms with Gasteiger partial charge in [-0.25, -0.2) is 17.9 Å². The molecule has 1 aromatic carbocycles. The smallest absolute Gasteiger partial charge is 0.555 e. The van der Waals surface area contributed by atoms with Crippen molar-refractivity contribution in [2.75, 3.05) is 6.61 Å². The van der Waals surface area contributed by atoms with E-state index in [1.807, 2.05) is 0 Å². The normalized spacial score (nSPS) is 28.5. The summed E-state index contributed by atoms with van der Waals surface area (Å²) < 4.78 is 60.5. The number of aromatic nitrogens is 2. The van der Waals surface area contributed by atoms with Gasteiger partial charge in [0.15, 0.2) is 5.88 Å². The number of halogens is 3. The Morgan fingerprint density at radius 2 is 1.61 bits per heavy atom. The minimum atomic E-state index is -3.05. The van der Waals surface area contributed by atoms with E-state index in [1.54, 1.807) is 27.7 Å². The second-order valence-corrected chi connectivity index (χ2v) is 9.61. The standard InChI is InChI=1S/C20H23BF3N2O4.Li/c1-17(2)18(3,4)30-21(27,29-17)14-15(12-5-7-13(22)8-6-12)25-26-10-19(9-20(19,23)24)11-28-16(14)26;/h5-8,27H,9-11H2,1-4H3;/q-1;+1. The molecule has 1 saturated heterocycles. The summed E-state index contributed by atoms with van der Waals surface area (Å²) in [5.41, 5.74) is -2.11. The first-order chi connectivity index (χ1) is 13.8. The summed E-state index contributed by atoms with van der Waals surface area (Å²) in [6.45, 7) is 3.88. The zero-order valence-corrected chi connectivity index (χ0v) is 18.2. The van der Waals surface area contributed by atoms with Gasteiger partial charge in [-0.1, -0.05) is 0 Å². The molecule has 1 spiro atoms. The third kappa shape index (κ3) is 3.18. The van der Waals surface area contributed by atoms with E-state index in [0.717, 1.165) is 0 Å². The molecule has 6 nitrogen and oxygen atoms in total. The van der Waals surface area contributed by atoms with Crippen LogP contribution in [-0.2, 0) is 15.9 Å². The van der Waals surface area contributed by atoms with E-state index in [-0.39, 0.29) is 55.5 Å². The van der Waals surface area contributed by atoms with Crippen LogP contribution < -0.4 is 29.1 Å². The Morgan fingerprint density at radius 1 is 1.06 bits per heavy atom. The fourth-order valence-electron chi connectivity index (χ4n) is 4.34. The minimum absolute atomic E-state index is 0. The van der Waals surface area contributed by atoms with Crippen LogP contribution in [0.1, 0.15) is 34.1 Å². The summed E-state index contributed by atoms with van der Waals surface area (Å²) in [4.78, 5) is 0. The zero-order valence-electron chi connectivity index (χ0n) is 18.2. The Kier molecular flexibility index (Phi) is 4.80. The topological polar surface area (TPSA) is 65.7 Å². The number of ether oxygens (including phenoxy) is 1. The number of nitrogens with zero attached hydrogens (tertiary/aromatic N) is 2. The van der Waals surface area contributed by atoms with Gasteiger partial charge in [0, 0.05) is 17.6 Å². The quantitative estimate of drug-likeness (QED) is 0.672. The van der Waals surface area contributed by atoms with Crippen LogP contribution in [0.4, 0.5) is 13.2 Å². The summed E-state index contributed by atoms with van der Waals surface area (Å²) in [5.74, 6) is -3.12. The first-order valence-corrected chi connectivity index (χ1v) is 9.94. The minimum Gasteiger partial charge on any atom is -0.555 e. The third-order valence-corrected chi connectivity index (χ3v) is 6.93. The summed E-state index contributed by atoms with van der Waals surface area (Å²) in [6, 6.07) is 5.52. The van der Waals surface area contributed by atoms with Gasteiger partial charge in [0.05, 0.1) is 17.7 Å². The average molecular weight is 430 g/mol. The van der Waals surface area contributed by atoms with Crippen LogP contribution in [0.5, 0.6) is 5.88 Å². The molecule has 31 heavy (non-hydrogen) atoms. The molecule has 0 bridgehead atoms. The number of hydrogen-bond donors (Lipinski definition) is 1. The second kappa shape index (κ2) is 6.55. The third-order valence-electron chi connectivity index (χ3n) is 6.93. The monoisotopic (exact) mass is 430 g/mol. The molecule has 2 fully saturated rings. The molecule has 11 heteroatoms. The van der Waals surface area contributed by atoms with Gasteiger partial charge in [0.1, 0.15) is 12.4 Å². The maximum absolute atomic E-state index is 14.0. The Balaban J connectivity index is 0.00000231.